The summed E-state index contributed by atoms with van der Waals surface area (Å²) in [5, 5.41) is 5.08. The van der Waals surface area contributed by atoms with Crippen molar-refractivity contribution in [2.45, 2.75) is 6.42 Å². The zero-order chi connectivity index (χ0) is 20.1. The van der Waals surface area contributed by atoms with Crippen molar-refractivity contribution in [2.24, 2.45) is 0 Å². The van der Waals surface area contributed by atoms with E-state index in [4.69, 9.17) is 0 Å². The lowest BCUT2D eigenvalue weighted by molar-refractivity contribution is 0.102. The summed E-state index contributed by atoms with van der Waals surface area (Å²) in [6.07, 6.45) is 3.03. The zero-order valence-electron chi connectivity index (χ0n) is 14.3. The number of hydrogen-bond donors (Lipinski definition) is 2. The van der Waals surface area contributed by atoms with E-state index in [-0.39, 0.29) is 17.3 Å². The summed E-state index contributed by atoms with van der Waals surface area (Å²) in [5.74, 6) is -5.34. The Hall–Kier alpha value is -3.49. The van der Waals surface area contributed by atoms with Crippen LogP contribution in [-0.2, 0) is 6.42 Å². The number of anilines is 2. The molecular weight excluding hydrogens is 376 g/mol. The van der Waals surface area contributed by atoms with Crippen LogP contribution in [0.15, 0.2) is 48.8 Å². The Balaban J connectivity index is 1.57. The lowest BCUT2D eigenvalue weighted by Crippen LogP contribution is -2.15. The van der Waals surface area contributed by atoms with E-state index < -0.39 is 29.0 Å². The maximum Gasteiger partial charge on any atom is 0.258 e. The van der Waals surface area contributed by atoms with Crippen molar-refractivity contribution in [3.63, 3.8) is 0 Å². The van der Waals surface area contributed by atoms with Gasteiger partial charge in [-0.05, 0) is 36.2 Å². The first-order chi connectivity index (χ1) is 13.4. The largest absolute Gasteiger partial charge is 0.354 e. The summed E-state index contributed by atoms with van der Waals surface area (Å²) < 4.78 is 52.6. The number of nitrogens with zero attached hydrogens (tertiary/aromatic N) is 2. The van der Waals surface area contributed by atoms with Gasteiger partial charge in [-0.1, -0.05) is 12.1 Å². The number of aromatic nitrogens is 2. The molecule has 0 saturated heterocycles. The van der Waals surface area contributed by atoms with E-state index >= 15 is 0 Å². The molecule has 28 heavy (non-hydrogen) atoms. The molecule has 2 N–H and O–H groups in total. The van der Waals surface area contributed by atoms with Crippen LogP contribution >= 0.6 is 0 Å². The standard InChI is InChI=1S/C19H14F4N4O/c20-13-3-1-11(2-4-13)7-8-24-19-25-9-12(10-26-19)18(28)27-15-6-5-14(21)16(22)17(15)23/h1-6,9-10H,7-8H2,(H,27,28)(H,24,25,26). The average Bonchev–Trinajstić information content (AvgIpc) is 2.70. The molecule has 0 spiro atoms. The van der Waals surface area contributed by atoms with Crippen molar-refractivity contribution in [1.29, 1.82) is 0 Å². The molecule has 1 heterocycles. The molecule has 0 fully saturated rings. The lowest BCUT2D eigenvalue weighted by atomic mass is 10.1. The molecule has 0 aliphatic carbocycles. The number of rotatable bonds is 6. The van der Waals surface area contributed by atoms with Gasteiger partial charge in [0.05, 0.1) is 11.3 Å². The van der Waals surface area contributed by atoms with Gasteiger partial charge in [-0.3, -0.25) is 4.79 Å². The third-order valence-electron chi connectivity index (χ3n) is 3.81. The maximum absolute atomic E-state index is 13.6. The number of benzene rings is 2. The molecule has 9 heteroatoms. The summed E-state index contributed by atoms with van der Waals surface area (Å²) in [4.78, 5) is 20.0. The van der Waals surface area contributed by atoms with Crippen LogP contribution in [0.4, 0.5) is 29.2 Å². The third-order valence-corrected chi connectivity index (χ3v) is 3.81. The van der Waals surface area contributed by atoms with Crippen molar-refractivity contribution in [2.75, 3.05) is 17.2 Å². The molecule has 1 aromatic heterocycles. The van der Waals surface area contributed by atoms with E-state index in [0.29, 0.717) is 19.0 Å². The quantitative estimate of drug-likeness (QED) is 0.494. The zero-order valence-corrected chi connectivity index (χ0v) is 14.3. The van der Waals surface area contributed by atoms with Gasteiger partial charge >= 0.3 is 0 Å². The second kappa shape index (κ2) is 8.47. The van der Waals surface area contributed by atoms with E-state index in [1.807, 2.05) is 0 Å². The average molecular weight is 390 g/mol. The number of carbonyl (C=O) groups excluding carboxylic acids is 1. The predicted molar refractivity (Wildman–Crippen MR) is 94.9 cm³/mol. The van der Waals surface area contributed by atoms with Crippen LogP contribution in [0.3, 0.4) is 0 Å². The van der Waals surface area contributed by atoms with E-state index in [1.165, 1.54) is 24.5 Å². The maximum atomic E-state index is 13.6. The van der Waals surface area contributed by atoms with Crippen molar-refractivity contribution < 1.29 is 22.4 Å². The van der Waals surface area contributed by atoms with Gasteiger partial charge in [0.1, 0.15) is 5.82 Å². The monoisotopic (exact) mass is 390 g/mol. The fraction of sp³-hybridized carbons (Fsp3) is 0.105. The molecule has 144 valence electrons. The summed E-state index contributed by atoms with van der Waals surface area (Å²) in [6.45, 7) is 0.483. The Morgan fingerprint density at radius 2 is 1.57 bits per heavy atom. The SMILES string of the molecule is O=C(Nc1ccc(F)c(F)c1F)c1cnc(NCCc2ccc(F)cc2)nc1. The number of halogens is 4. The van der Waals surface area contributed by atoms with Crippen LogP contribution in [0.1, 0.15) is 15.9 Å². The van der Waals surface area contributed by atoms with E-state index in [9.17, 15) is 22.4 Å². The second-order valence-corrected chi connectivity index (χ2v) is 5.78. The van der Waals surface area contributed by atoms with Gasteiger partial charge < -0.3 is 10.6 Å². The van der Waals surface area contributed by atoms with Gasteiger partial charge in [0.15, 0.2) is 17.5 Å². The first-order valence-corrected chi connectivity index (χ1v) is 8.19. The van der Waals surface area contributed by atoms with Crippen molar-refractivity contribution in [3.8, 4) is 0 Å². The van der Waals surface area contributed by atoms with Gasteiger partial charge in [-0.15, -0.1) is 0 Å². The predicted octanol–water partition coefficient (Wildman–Crippen LogP) is 3.94. The highest BCUT2D eigenvalue weighted by Gasteiger charge is 2.16. The molecule has 5 nitrogen and oxygen atoms in total. The normalized spacial score (nSPS) is 10.6. The van der Waals surface area contributed by atoms with Gasteiger partial charge in [-0.25, -0.2) is 27.5 Å². The van der Waals surface area contributed by atoms with Gasteiger partial charge in [-0.2, -0.15) is 0 Å². The molecule has 2 aromatic carbocycles. The number of hydrogen-bond acceptors (Lipinski definition) is 4. The minimum atomic E-state index is -1.67. The Labute approximate surface area is 157 Å². The van der Waals surface area contributed by atoms with Crippen LogP contribution in [0.5, 0.6) is 0 Å². The first kappa shape index (κ1) is 19.3. The van der Waals surface area contributed by atoms with Crippen LogP contribution in [0.25, 0.3) is 0 Å². The molecule has 0 saturated carbocycles. The molecule has 3 rings (SSSR count). The molecule has 0 bridgehead atoms. The number of amides is 1. The van der Waals surface area contributed by atoms with E-state index in [0.717, 1.165) is 11.6 Å². The van der Waals surface area contributed by atoms with Gasteiger partial charge in [0, 0.05) is 18.9 Å². The van der Waals surface area contributed by atoms with Crippen molar-refractivity contribution >= 4 is 17.5 Å². The molecule has 3 aromatic rings. The minimum Gasteiger partial charge on any atom is -0.354 e. The highest BCUT2D eigenvalue weighted by Crippen LogP contribution is 2.20. The Morgan fingerprint density at radius 3 is 2.25 bits per heavy atom. The topological polar surface area (TPSA) is 66.9 Å². The fourth-order valence-electron chi connectivity index (χ4n) is 2.32. The molecule has 0 aliphatic heterocycles. The fourth-order valence-corrected chi connectivity index (χ4v) is 2.32. The Bertz CT molecular complexity index is 978. The van der Waals surface area contributed by atoms with Gasteiger partial charge in [0.2, 0.25) is 5.95 Å². The summed E-state index contributed by atoms with van der Waals surface area (Å²) >= 11 is 0. The van der Waals surface area contributed by atoms with Crippen LogP contribution in [0.2, 0.25) is 0 Å². The smallest absolute Gasteiger partial charge is 0.258 e. The molecule has 0 aliphatic rings. The molecule has 0 unspecified atom stereocenters. The number of carbonyl (C=O) groups is 1. The highest BCUT2D eigenvalue weighted by atomic mass is 19.2. The van der Waals surface area contributed by atoms with Crippen LogP contribution in [0, 0.1) is 23.3 Å². The Kier molecular flexibility index (Phi) is 5.83. The van der Waals surface area contributed by atoms with E-state index in [2.05, 4.69) is 20.6 Å². The summed E-state index contributed by atoms with van der Waals surface area (Å²) in [6, 6.07) is 7.70. The second-order valence-electron chi connectivity index (χ2n) is 5.78. The van der Waals surface area contributed by atoms with Crippen LogP contribution in [-0.4, -0.2) is 22.4 Å². The minimum absolute atomic E-state index is 0.00761. The molecule has 1 amide bonds. The highest BCUT2D eigenvalue weighted by molar-refractivity contribution is 6.03. The Morgan fingerprint density at radius 1 is 0.893 bits per heavy atom. The van der Waals surface area contributed by atoms with Crippen molar-refractivity contribution in [1.82, 2.24) is 9.97 Å². The third kappa shape index (κ3) is 4.61. The summed E-state index contributed by atoms with van der Waals surface area (Å²) in [5.41, 5.74) is 0.442. The molecule has 0 radical (unpaired) electrons. The summed E-state index contributed by atoms with van der Waals surface area (Å²) in [7, 11) is 0. The first-order valence-electron chi connectivity index (χ1n) is 8.19. The van der Waals surface area contributed by atoms with Gasteiger partial charge in [0.25, 0.3) is 5.91 Å². The lowest BCUT2D eigenvalue weighted by Gasteiger charge is -2.08. The van der Waals surface area contributed by atoms with Crippen molar-refractivity contribution in [3.05, 3.63) is 83.2 Å². The molecular formula is C19H14F4N4O. The van der Waals surface area contributed by atoms with Crippen LogP contribution < -0.4 is 10.6 Å². The molecule has 0 atom stereocenters. The van der Waals surface area contributed by atoms with E-state index in [1.54, 1.807) is 12.1 Å². The number of nitrogens with one attached hydrogen (secondary N) is 2.